The lowest BCUT2D eigenvalue weighted by Gasteiger charge is -0.890. The molecular formula is C4H14N4O. The van der Waals surface area contributed by atoms with Gasteiger partial charge in [0.2, 0.25) is 0 Å². The first kappa shape index (κ1) is 48.3. The zero-order chi connectivity index (χ0) is 8.00. The molecule has 56 valence electrons. The average molecular weight is 134 g/mol. The quantitative estimate of drug-likeness (QED) is 0.338. The molecule has 0 aromatic rings. The largest absolute Gasteiger partial charge is 0.412 e. The van der Waals surface area contributed by atoms with E-state index in [1.54, 1.807) is 0 Å². The van der Waals surface area contributed by atoms with E-state index in [9.17, 15) is 0 Å². The minimum Gasteiger partial charge on any atom is -0.412 e. The lowest BCUT2D eigenvalue weighted by Crippen LogP contribution is -0.827. The number of hydrogen-bond donors (Lipinski definition) is 4. The van der Waals surface area contributed by atoms with Crippen molar-refractivity contribution < 1.29 is 5.48 Å². The van der Waals surface area contributed by atoms with Crippen LogP contribution < -0.4 is 0 Å². The van der Waals surface area contributed by atoms with Crippen LogP contribution in [0.1, 0.15) is 0 Å². The molecule has 9 heavy (non-hydrogen) atoms. The lowest BCUT2D eigenvalue weighted by molar-refractivity contribution is 0.824. The maximum Gasteiger partial charge on any atom is -0.0187 e. The SMILES string of the molecule is C=N.C=N.C=N.C=N.O. The van der Waals surface area contributed by atoms with Crippen LogP contribution in [0.2, 0.25) is 0 Å². The Hall–Kier alpha value is -1.36. The predicted octanol–water partition coefficient (Wildman–Crippen LogP) is 0.238. The summed E-state index contributed by atoms with van der Waals surface area (Å²) in [5.41, 5.74) is 0. The molecule has 0 aliphatic heterocycles. The Labute approximate surface area is 55.1 Å². The first-order valence-corrected chi connectivity index (χ1v) is 1.41. The molecule has 0 spiro atoms. The van der Waals surface area contributed by atoms with Gasteiger partial charge in [-0.2, -0.15) is 0 Å². The highest BCUT2D eigenvalue weighted by molar-refractivity contribution is 5.16. The monoisotopic (exact) mass is 134 g/mol. The molecule has 5 heteroatoms. The van der Waals surface area contributed by atoms with Crippen molar-refractivity contribution in [1.82, 2.24) is 0 Å². The summed E-state index contributed by atoms with van der Waals surface area (Å²) in [5.74, 6) is 0. The van der Waals surface area contributed by atoms with Gasteiger partial charge >= 0.3 is 0 Å². The van der Waals surface area contributed by atoms with Gasteiger partial charge in [-0.15, -0.1) is 0 Å². The van der Waals surface area contributed by atoms with Crippen LogP contribution in [0.4, 0.5) is 0 Å². The lowest BCUT2D eigenvalue weighted by atomic mass is 11.8. The van der Waals surface area contributed by atoms with Crippen molar-refractivity contribution in [3.05, 3.63) is 0 Å². The summed E-state index contributed by atoms with van der Waals surface area (Å²) in [6.45, 7) is 10.0. The summed E-state index contributed by atoms with van der Waals surface area (Å²) in [5, 5.41) is 22.0. The summed E-state index contributed by atoms with van der Waals surface area (Å²) in [6, 6.07) is 0. The van der Waals surface area contributed by atoms with Gasteiger partial charge in [-0.25, -0.2) is 0 Å². The molecule has 5 nitrogen and oxygen atoms in total. The van der Waals surface area contributed by atoms with Crippen molar-refractivity contribution in [3.8, 4) is 0 Å². The third-order valence-electron chi connectivity index (χ3n) is 0. The molecule has 0 amide bonds. The predicted molar refractivity (Wildman–Crippen MR) is 43.0 cm³/mol. The summed E-state index contributed by atoms with van der Waals surface area (Å²) >= 11 is 0. The van der Waals surface area contributed by atoms with Gasteiger partial charge in [0.05, 0.1) is 0 Å². The zero-order valence-electron chi connectivity index (χ0n) is 5.33. The van der Waals surface area contributed by atoms with E-state index in [4.69, 9.17) is 21.6 Å². The van der Waals surface area contributed by atoms with Crippen molar-refractivity contribution in [2.75, 3.05) is 0 Å². The van der Waals surface area contributed by atoms with Gasteiger partial charge in [0.15, 0.2) is 0 Å². The van der Waals surface area contributed by atoms with E-state index >= 15 is 0 Å². The van der Waals surface area contributed by atoms with E-state index in [1.807, 2.05) is 0 Å². The summed E-state index contributed by atoms with van der Waals surface area (Å²) < 4.78 is 0. The second-order valence-electron chi connectivity index (χ2n) is 0. The normalized spacial score (nSPS) is 1.78. The van der Waals surface area contributed by atoms with Crippen molar-refractivity contribution >= 4 is 26.9 Å². The van der Waals surface area contributed by atoms with Gasteiger partial charge in [-0.3, -0.25) is 0 Å². The second kappa shape index (κ2) is 114. The zero-order valence-corrected chi connectivity index (χ0v) is 5.33. The Kier molecular flexibility index (Phi) is 613. The van der Waals surface area contributed by atoms with E-state index in [1.165, 1.54) is 0 Å². The van der Waals surface area contributed by atoms with Crippen LogP contribution in [0.25, 0.3) is 0 Å². The fraction of sp³-hybridized carbons (Fsp3) is 0. The van der Waals surface area contributed by atoms with Gasteiger partial charge in [-0.05, 0) is 26.9 Å². The minimum atomic E-state index is 0. The Morgan fingerprint density at radius 1 is 0.444 bits per heavy atom. The maximum atomic E-state index is 5.50. The van der Waals surface area contributed by atoms with Crippen molar-refractivity contribution in [2.24, 2.45) is 0 Å². The molecule has 0 heterocycles. The molecule has 0 unspecified atom stereocenters. The van der Waals surface area contributed by atoms with Crippen LogP contribution in [0.5, 0.6) is 0 Å². The Morgan fingerprint density at radius 3 is 0.444 bits per heavy atom. The first-order valence-electron chi connectivity index (χ1n) is 1.41. The highest BCUT2D eigenvalue weighted by Gasteiger charge is 0.561. The molecule has 0 fully saturated rings. The van der Waals surface area contributed by atoms with Crippen LogP contribution in [0.3, 0.4) is 0 Å². The van der Waals surface area contributed by atoms with Crippen molar-refractivity contribution in [2.45, 2.75) is 0 Å². The molecule has 0 atom stereocenters. The second-order valence-corrected chi connectivity index (χ2v) is 0. The summed E-state index contributed by atoms with van der Waals surface area (Å²) in [7, 11) is 0. The van der Waals surface area contributed by atoms with Crippen molar-refractivity contribution in [1.29, 1.82) is 21.6 Å². The van der Waals surface area contributed by atoms with Gasteiger partial charge in [0.25, 0.3) is 0 Å². The van der Waals surface area contributed by atoms with E-state index in [2.05, 4.69) is 26.9 Å². The van der Waals surface area contributed by atoms with Gasteiger partial charge in [0, 0.05) is 0 Å². The molecule has 0 aliphatic carbocycles. The van der Waals surface area contributed by atoms with E-state index < -0.39 is 0 Å². The molecule has 0 radical (unpaired) electrons. The van der Waals surface area contributed by atoms with Crippen molar-refractivity contribution in [3.63, 3.8) is 0 Å². The van der Waals surface area contributed by atoms with Crippen LogP contribution >= 0.6 is 0 Å². The molecule has 0 aromatic carbocycles. The van der Waals surface area contributed by atoms with Gasteiger partial charge < -0.3 is 27.1 Å². The minimum absolute atomic E-state index is 0. The summed E-state index contributed by atoms with van der Waals surface area (Å²) in [6.07, 6.45) is 0. The fourth-order valence-corrected chi connectivity index (χ4v) is 0. The van der Waals surface area contributed by atoms with E-state index in [0.717, 1.165) is 0 Å². The number of nitrogens with one attached hydrogen (secondary N) is 4. The van der Waals surface area contributed by atoms with E-state index in [-0.39, 0.29) is 5.48 Å². The highest BCUT2D eigenvalue weighted by Crippen LogP contribution is 0.639. The number of hydrogen-bond acceptors (Lipinski definition) is 4. The highest BCUT2D eigenvalue weighted by atomic mass is 16.0. The third kappa shape index (κ3) is 77.3. The molecular weight excluding hydrogens is 120 g/mol. The standard InChI is InChI=1S/4CH3N.H2O/c4*1-2;/h4*2H,1H2;1H2. The molecule has 0 rings (SSSR count). The van der Waals surface area contributed by atoms with Gasteiger partial charge in [0.1, 0.15) is 0 Å². The Morgan fingerprint density at radius 2 is 0.444 bits per heavy atom. The van der Waals surface area contributed by atoms with Crippen LogP contribution in [-0.4, -0.2) is 32.3 Å². The first-order chi connectivity index (χ1) is 4.00. The van der Waals surface area contributed by atoms with Gasteiger partial charge in [-0.1, -0.05) is 0 Å². The molecule has 0 saturated carbocycles. The summed E-state index contributed by atoms with van der Waals surface area (Å²) in [4.78, 5) is 0. The Balaban J connectivity index is -0.00000000762. The molecule has 0 aliphatic rings. The Bertz CT molecular complexity index is 20.5. The molecule has 0 aromatic heterocycles. The molecule has 0 saturated heterocycles. The fourth-order valence-electron chi connectivity index (χ4n) is 0. The smallest absolute Gasteiger partial charge is 0.0187 e. The topological polar surface area (TPSA) is 127 Å². The van der Waals surface area contributed by atoms with Crippen LogP contribution in [0.15, 0.2) is 0 Å². The molecule has 0 bridgehead atoms. The van der Waals surface area contributed by atoms with Crippen LogP contribution in [-0.2, 0) is 0 Å². The average Bonchev–Trinajstić information content (AvgIpc) is 2.03. The van der Waals surface area contributed by atoms with E-state index in [0.29, 0.717) is 0 Å². The van der Waals surface area contributed by atoms with Crippen LogP contribution in [0, 0.1) is 21.6 Å². The third-order valence-corrected chi connectivity index (χ3v) is 0. The molecule has 6 N–H and O–H groups in total. The maximum absolute atomic E-state index is 5.50. The number of rotatable bonds is 0.